The molecule has 1 aromatic carbocycles. The number of aryl methyl sites for hydroxylation is 2. The van der Waals surface area contributed by atoms with Crippen LogP contribution in [0.1, 0.15) is 19.0 Å². The van der Waals surface area contributed by atoms with E-state index in [-0.39, 0.29) is 0 Å². The standard InChI is InChI=1S/C14H19BrN4O/c1-4-5-11-13(16)14(19(2)18-11)17-9-6-7-10(15)12(8-9)20-3/h6-8,17H,4-5,16H2,1-3H3. The predicted octanol–water partition coefficient (Wildman–Crippen LogP) is 3.47. The maximum Gasteiger partial charge on any atom is 0.152 e. The molecule has 1 aromatic heterocycles. The van der Waals surface area contributed by atoms with Crippen molar-refractivity contribution in [2.45, 2.75) is 19.8 Å². The molecule has 1 heterocycles. The Hall–Kier alpha value is -1.69. The molecule has 0 saturated heterocycles. The molecule has 0 aliphatic rings. The van der Waals surface area contributed by atoms with E-state index in [1.54, 1.807) is 11.8 Å². The minimum Gasteiger partial charge on any atom is -0.495 e. The molecule has 0 aliphatic carbocycles. The van der Waals surface area contributed by atoms with Gasteiger partial charge in [-0.1, -0.05) is 13.3 Å². The molecule has 0 unspecified atom stereocenters. The van der Waals surface area contributed by atoms with Crippen molar-refractivity contribution in [2.24, 2.45) is 7.05 Å². The van der Waals surface area contributed by atoms with Gasteiger partial charge in [0, 0.05) is 18.8 Å². The van der Waals surface area contributed by atoms with Crippen molar-refractivity contribution in [2.75, 3.05) is 18.2 Å². The van der Waals surface area contributed by atoms with Crippen LogP contribution < -0.4 is 15.8 Å². The minimum absolute atomic E-state index is 0.705. The Morgan fingerprint density at radius 2 is 2.20 bits per heavy atom. The highest BCUT2D eigenvalue weighted by atomic mass is 79.9. The molecule has 6 heteroatoms. The van der Waals surface area contributed by atoms with Gasteiger partial charge in [-0.3, -0.25) is 4.68 Å². The van der Waals surface area contributed by atoms with Gasteiger partial charge in [-0.15, -0.1) is 0 Å². The summed E-state index contributed by atoms with van der Waals surface area (Å²) in [5, 5.41) is 7.74. The van der Waals surface area contributed by atoms with Crippen LogP contribution in [0.25, 0.3) is 0 Å². The Morgan fingerprint density at radius 1 is 1.45 bits per heavy atom. The summed E-state index contributed by atoms with van der Waals surface area (Å²) in [6.07, 6.45) is 1.90. The normalized spacial score (nSPS) is 10.6. The number of rotatable bonds is 5. The molecule has 0 amide bonds. The van der Waals surface area contributed by atoms with Crippen LogP contribution in [0.3, 0.4) is 0 Å². The highest BCUT2D eigenvalue weighted by molar-refractivity contribution is 9.10. The van der Waals surface area contributed by atoms with E-state index in [4.69, 9.17) is 10.5 Å². The van der Waals surface area contributed by atoms with E-state index in [2.05, 4.69) is 33.3 Å². The first-order valence-electron chi connectivity index (χ1n) is 6.48. The zero-order chi connectivity index (χ0) is 14.7. The number of hydrogen-bond acceptors (Lipinski definition) is 4. The fourth-order valence-electron chi connectivity index (χ4n) is 2.04. The van der Waals surface area contributed by atoms with Crippen LogP contribution in [0.4, 0.5) is 17.2 Å². The lowest BCUT2D eigenvalue weighted by Crippen LogP contribution is -2.01. The van der Waals surface area contributed by atoms with E-state index >= 15 is 0 Å². The van der Waals surface area contributed by atoms with Crippen molar-refractivity contribution in [3.8, 4) is 5.75 Å². The zero-order valence-electron chi connectivity index (χ0n) is 11.9. The van der Waals surface area contributed by atoms with Gasteiger partial charge in [0.1, 0.15) is 5.75 Å². The number of nitrogens with two attached hydrogens (primary N) is 1. The maximum atomic E-state index is 6.15. The number of nitrogens with one attached hydrogen (secondary N) is 1. The zero-order valence-corrected chi connectivity index (χ0v) is 13.5. The average molecular weight is 339 g/mol. The molecule has 2 aromatic rings. The fourth-order valence-corrected chi connectivity index (χ4v) is 2.45. The lowest BCUT2D eigenvalue weighted by atomic mass is 10.2. The van der Waals surface area contributed by atoms with E-state index in [0.717, 1.165) is 40.3 Å². The van der Waals surface area contributed by atoms with Gasteiger partial charge in [-0.25, -0.2) is 0 Å². The highest BCUT2D eigenvalue weighted by Crippen LogP contribution is 2.31. The number of nitrogens with zero attached hydrogens (tertiary/aromatic N) is 2. The van der Waals surface area contributed by atoms with Crippen molar-refractivity contribution < 1.29 is 4.74 Å². The van der Waals surface area contributed by atoms with Crippen LogP contribution >= 0.6 is 15.9 Å². The molecule has 2 rings (SSSR count). The second-order valence-corrected chi connectivity index (χ2v) is 5.41. The lowest BCUT2D eigenvalue weighted by molar-refractivity contribution is 0.412. The topological polar surface area (TPSA) is 65.1 Å². The molecular formula is C14H19BrN4O. The predicted molar refractivity (Wildman–Crippen MR) is 85.6 cm³/mol. The molecule has 0 bridgehead atoms. The summed E-state index contributed by atoms with van der Waals surface area (Å²) in [6.45, 7) is 2.11. The van der Waals surface area contributed by atoms with Crippen molar-refractivity contribution >= 4 is 33.1 Å². The first kappa shape index (κ1) is 14.7. The fraction of sp³-hybridized carbons (Fsp3) is 0.357. The van der Waals surface area contributed by atoms with E-state index in [0.29, 0.717) is 5.69 Å². The molecule has 20 heavy (non-hydrogen) atoms. The third-order valence-electron chi connectivity index (χ3n) is 3.06. The first-order valence-corrected chi connectivity index (χ1v) is 7.28. The van der Waals surface area contributed by atoms with Gasteiger partial charge in [0.05, 0.1) is 23.0 Å². The number of hydrogen-bond donors (Lipinski definition) is 2. The third kappa shape index (κ3) is 2.90. The van der Waals surface area contributed by atoms with E-state index < -0.39 is 0 Å². The molecule has 0 atom stereocenters. The third-order valence-corrected chi connectivity index (χ3v) is 3.72. The van der Waals surface area contributed by atoms with Crippen LogP contribution in [0, 0.1) is 0 Å². The van der Waals surface area contributed by atoms with Crippen molar-refractivity contribution in [3.63, 3.8) is 0 Å². The molecule has 0 spiro atoms. The van der Waals surface area contributed by atoms with Gasteiger partial charge in [-0.05, 0) is 34.5 Å². The number of ether oxygens (including phenoxy) is 1. The Bertz CT molecular complexity index is 609. The summed E-state index contributed by atoms with van der Waals surface area (Å²) in [6, 6.07) is 5.80. The number of nitrogen functional groups attached to an aromatic ring is 1. The monoisotopic (exact) mass is 338 g/mol. The summed E-state index contributed by atoms with van der Waals surface area (Å²) < 4.78 is 7.97. The van der Waals surface area contributed by atoms with Crippen LogP contribution in [-0.4, -0.2) is 16.9 Å². The van der Waals surface area contributed by atoms with Gasteiger partial charge in [0.25, 0.3) is 0 Å². The summed E-state index contributed by atoms with van der Waals surface area (Å²) in [4.78, 5) is 0. The second kappa shape index (κ2) is 6.17. The second-order valence-electron chi connectivity index (χ2n) is 4.56. The summed E-state index contributed by atoms with van der Waals surface area (Å²) in [5.41, 5.74) is 8.69. The SMILES string of the molecule is CCCc1nn(C)c(Nc2ccc(Br)c(OC)c2)c1N. The average Bonchev–Trinajstić information content (AvgIpc) is 2.69. The molecule has 0 fully saturated rings. The first-order chi connectivity index (χ1) is 9.56. The van der Waals surface area contributed by atoms with Crippen molar-refractivity contribution in [1.29, 1.82) is 0 Å². The Labute approximate surface area is 127 Å². The molecule has 0 saturated carbocycles. The number of anilines is 3. The van der Waals surface area contributed by atoms with Gasteiger partial charge in [0.15, 0.2) is 5.82 Å². The quantitative estimate of drug-likeness (QED) is 0.875. The van der Waals surface area contributed by atoms with Gasteiger partial charge in [-0.2, -0.15) is 5.10 Å². The summed E-state index contributed by atoms with van der Waals surface area (Å²) in [5.74, 6) is 1.57. The lowest BCUT2D eigenvalue weighted by Gasteiger charge is -2.10. The summed E-state index contributed by atoms with van der Waals surface area (Å²) >= 11 is 3.43. The van der Waals surface area contributed by atoms with Gasteiger partial charge >= 0.3 is 0 Å². The number of halogens is 1. The Morgan fingerprint density at radius 3 is 2.85 bits per heavy atom. The summed E-state index contributed by atoms with van der Waals surface area (Å²) in [7, 11) is 3.52. The van der Waals surface area contributed by atoms with Crippen molar-refractivity contribution in [1.82, 2.24) is 9.78 Å². The van der Waals surface area contributed by atoms with E-state index in [1.165, 1.54) is 0 Å². The Balaban J connectivity index is 2.30. The van der Waals surface area contributed by atoms with Crippen molar-refractivity contribution in [3.05, 3.63) is 28.4 Å². The minimum atomic E-state index is 0.705. The molecule has 0 radical (unpaired) electrons. The van der Waals surface area contributed by atoms with Gasteiger partial charge in [0.2, 0.25) is 0 Å². The van der Waals surface area contributed by atoms with E-state index in [9.17, 15) is 0 Å². The van der Waals surface area contributed by atoms with Crippen LogP contribution in [0.5, 0.6) is 5.75 Å². The molecule has 3 N–H and O–H groups in total. The van der Waals surface area contributed by atoms with Crippen LogP contribution in [0.2, 0.25) is 0 Å². The number of aromatic nitrogens is 2. The Kier molecular flexibility index (Phi) is 4.54. The molecule has 5 nitrogen and oxygen atoms in total. The van der Waals surface area contributed by atoms with Crippen LogP contribution in [0.15, 0.2) is 22.7 Å². The molecule has 108 valence electrons. The number of benzene rings is 1. The molecule has 0 aliphatic heterocycles. The maximum absolute atomic E-state index is 6.15. The van der Waals surface area contributed by atoms with Crippen LogP contribution in [-0.2, 0) is 13.5 Å². The largest absolute Gasteiger partial charge is 0.495 e. The highest BCUT2D eigenvalue weighted by Gasteiger charge is 2.13. The smallest absolute Gasteiger partial charge is 0.152 e. The number of methoxy groups -OCH3 is 1. The molecular weight excluding hydrogens is 320 g/mol. The van der Waals surface area contributed by atoms with Gasteiger partial charge < -0.3 is 15.8 Å². The van der Waals surface area contributed by atoms with E-state index in [1.807, 2.05) is 25.2 Å².